The summed E-state index contributed by atoms with van der Waals surface area (Å²) in [5.41, 5.74) is 1.45. The van der Waals surface area contributed by atoms with Gasteiger partial charge in [-0.05, 0) is 37.3 Å². The van der Waals surface area contributed by atoms with Gasteiger partial charge < -0.3 is 24.6 Å². The van der Waals surface area contributed by atoms with E-state index >= 15 is 0 Å². The van der Waals surface area contributed by atoms with Gasteiger partial charge in [-0.2, -0.15) is 0 Å². The maximum atomic E-state index is 12.4. The van der Waals surface area contributed by atoms with E-state index in [0.29, 0.717) is 49.9 Å². The molecule has 2 heterocycles. The van der Waals surface area contributed by atoms with Gasteiger partial charge in [0.25, 0.3) is 5.91 Å². The molecule has 1 aliphatic heterocycles. The second-order valence-corrected chi connectivity index (χ2v) is 6.26. The zero-order chi connectivity index (χ0) is 19.9. The van der Waals surface area contributed by atoms with E-state index in [1.165, 1.54) is 0 Å². The third-order valence-electron chi connectivity index (χ3n) is 4.49. The van der Waals surface area contributed by atoms with Crippen LogP contribution in [0.2, 0.25) is 0 Å². The summed E-state index contributed by atoms with van der Waals surface area (Å²) < 4.78 is 10.2. The van der Waals surface area contributed by atoms with Crippen molar-refractivity contribution in [3.05, 3.63) is 48.2 Å². The fourth-order valence-corrected chi connectivity index (χ4v) is 2.96. The maximum absolute atomic E-state index is 12.4. The summed E-state index contributed by atoms with van der Waals surface area (Å²) in [5, 5.41) is 2.78. The number of aromatic nitrogens is 1. The van der Waals surface area contributed by atoms with Crippen LogP contribution in [0.5, 0.6) is 5.75 Å². The van der Waals surface area contributed by atoms with Crippen LogP contribution in [-0.4, -0.2) is 61.8 Å². The summed E-state index contributed by atoms with van der Waals surface area (Å²) in [4.78, 5) is 32.3. The van der Waals surface area contributed by atoms with Crippen molar-refractivity contribution in [1.82, 2.24) is 9.88 Å². The monoisotopic (exact) mass is 384 g/mol. The predicted octanol–water partition coefficient (Wildman–Crippen LogP) is 2.62. The highest BCUT2D eigenvalue weighted by atomic mass is 16.6. The molecule has 1 aromatic heterocycles. The number of pyridine rings is 1. The van der Waals surface area contributed by atoms with Gasteiger partial charge in [0.1, 0.15) is 11.6 Å². The minimum Gasteiger partial charge on any atom is -0.497 e. The number of amides is 2. The van der Waals surface area contributed by atoms with Crippen molar-refractivity contribution in [2.45, 2.75) is 6.92 Å². The number of nitrogens with zero attached hydrogens (tertiary/aromatic N) is 3. The molecule has 2 amide bonds. The normalized spacial score (nSPS) is 13.8. The molecule has 2 aromatic rings. The van der Waals surface area contributed by atoms with Crippen LogP contribution in [0.4, 0.5) is 16.3 Å². The van der Waals surface area contributed by atoms with E-state index < -0.39 is 0 Å². The number of carbonyl (C=O) groups is 2. The first-order chi connectivity index (χ1) is 13.6. The molecular weight excluding hydrogens is 360 g/mol. The average molecular weight is 384 g/mol. The van der Waals surface area contributed by atoms with Crippen LogP contribution in [0.3, 0.4) is 0 Å². The molecule has 1 aliphatic rings. The standard InChI is InChI=1S/C20H24N4O4/c1-3-28-20(26)24-11-9-23(10-12-24)16-7-8-18(21-14-16)22-19(25)15-5-4-6-17(13-15)27-2/h4-8,13-14H,3,9-12H2,1-2H3,(H,21,22,25). The second-order valence-electron chi connectivity index (χ2n) is 6.26. The zero-order valence-corrected chi connectivity index (χ0v) is 16.1. The Balaban J connectivity index is 1.56. The van der Waals surface area contributed by atoms with Crippen molar-refractivity contribution in [2.24, 2.45) is 0 Å². The lowest BCUT2D eigenvalue weighted by Gasteiger charge is -2.35. The van der Waals surface area contributed by atoms with E-state index in [1.807, 2.05) is 6.07 Å². The first-order valence-corrected chi connectivity index (χ1v) is 9.19. The van der Waals surface area contributed by atoms with Gasteiger partial charge in [0.2, 0.25) is 0 Å². The van der Waals surface area contributed by atoms with E-state index in [4.69, 9.17) is 9.47 Å². The molecule has 1 aromatic carbocycles. The van der Waals surface area contributed by atoms with Crippen molar-refractivity contribution in [3.63, 3.8) is 0 Å². The number of ether oxygens (including phenoxy) is 2. The first kappa shape index (κ1) is 19.5. The summed E-state index contributed by atoms with van der Waals surface area (Å²) in [5.74, 6) is 0.849. The lowest BCUT2D eigenvalue weighted by Crippen LogP contribution is -2.49. The van der Waals surface area contributed by atoms with Gasteiger partial charge in [-0.1, -0.05) is 6.07 Å². The molecule has 1 N–H and O–H groups in total. The van der Waals surface area contributed by atoms with Gasteiger partial charge in [0.15, 0.2) is 0 Å². The lowest BCUT2D eigenvalue weighted by molar-refractivity contribution is 0.102. The van der Waals surface area contributed by atoms with Crippen LogP contribution < -0.4 is 15.0 Å². The molecule has 0 spiro atoms. The second kappa shape index (κ2) is 9.07. The highest BCUT2D eigenvalue weighted by molar-refractivity contribution is 6.04. The Morgan fingerprint density at radius 3 is 2.57 bits per heavy atom. The number of anilines is 2. The number of hydrogen-bond donors (Lipinski definition) is 1. The average Bonchev–Trinajstić information content (AvgIpc) is 2.74. The van der Waals surface area contributed by atoms with Gasteiger partial charge >= 0.3 is 6.09 Å². The molecule has 8 heteroatoms. The minimum atomic E-state index is -0.268. The fourth-order valence-electron chi connectivity index (χ4n) is 2.96. The van der Waals surface area contributed by atoms with Crippen LogP contribution in [-0.2, 0) is 4.74 Å². The molecule has 3 rings (SSSR count). The van der Waals surface area contributed by atoms with Gasteiger partial charge in [-0.15, -0.1) is 0 Å². The number of benzene rings is 1. The molecule has 8 nitrogen and oxygen atoms in total. The third-order valence-corrected chi connectivity index (χ3v) is 4.49. The number of methoxy groups -OCH3 is 1. The summed E-state index contributed by atoms with van der Waals surface area (Å²) >= 11 is 0. The summed E-state index contributed by atoms with van der Waals surface area (Å²) in [6.45, 7) is 4.80. The van der Waals surface area contributed by atoms with Crippen molar-refractivity contribution < 1.29 is 19.1 Å². The Hall–Kier alpha value is -3.29. The summed E-state index contributed by atoms with van der Waals surface area (Å²) in [7, 11) is 1.56. The van der Waals surface area contributed by atoms with Crippen molar-refractivity contribution in [1.29, 1.82) is 0 Å². The lowest BCUT2D eigenvalue weighted by atomic mass is 10.2. The number of hydrogen-bond acceptors (Lipinski definition) is 6. The van der Waals surface area contributed by atoms with Crippen molar-refractivity contribution >= 4 is 23.5 Å². The molecule has 1 saturated heterocycles. The van der Waals surface area contributed by atoms with E-state index in [-0.39, 0.29) is 12.0 Å². The Kier molecular flexibility index (Phi) is 6.31. The zero-order valence-electron chi connectivity index (χ0n) is 16.1. The Bertz CT molecular complexity index is 817. The van der Waals surface area contributed by atoms with Crippen molar-refractivity contribution in [2.75, 3.05) is 50.1 Å². The van der Waals surface area contributed by atoms with Crippen LogP contribution in [0, 0.1) is 0 Å². The van der Waals surface area contributed by atoms with Crippen LogP contribution in [0.25, 0.3) is 0 Å². The molecule has 0 saturated carbocycles. The fraction of sp³-hybridized carbons (Fsp3) is 0.350. The smallest absolute Gasteiger partial charge is 0.409 e. The van der Waals surface area contributed by atoms with E-state index in [2.05, 4.69) is 15.2 Å². The molecule has 0 aliphatic carbocycles. The minimum absolute atomic E-state index is 0.248. The van der Waals surface area contributed by atoms with Crippen LogP contribution in [0.15, 0.2) is 42.6 Å². The molecule has 1 fully saturated rings. The Morgan fingerprint density at radius 1 is 1.14 bits per heavy atom. The van der Waals surface area contributed by atoms with Gasteiger partial charge in [-0.3, -0.25) is 4.79 Å². The van der Waals surface area contributed by atoms with E-state index in [9.17, 15) is 9.59 Å². The van der Waals surface area contributed by atoms with E-state index in [0.717, 1.165) is 5.69 Å². The number of nitrogens with one attached hydrogen (secondary N) is 1. The highest BCUT2D eigenvalue weighted by Crippen LogP contribution is 2.19. The number of piperazine rings is 1. The highest BCUT2D eigenvalue weighted by Gasteiger charge is 2.22. The third kappa shape index (κ3) is 4.70. The van der Waals surface area contributed by atoms with Crippen LogP contribution >= 0.6 is 0 Å². The maximum Gasteiger partial charge on any atom is 0.409 e. The topological polar surface area (TPSA) is 84.0 Å². The van der Waals surface area contributed by atoms with E-state index in [1.54, 1.807) is 55.5 Å². The number of carbonyl (C=O) groups excluding carboxylic acids is 2. The van der Waals surface area contributed by atoms with Crippen molar-refractivity contribution in [3.8, 4) is 5.75 Å². The molecule has 148 valence electrons. The van der Waals surface area contributed by atoms with Gasteiger partial charge in [0, 0.05) is 31.7 Å². The van der Waals surface area contributed by atoms with Gasteiger partial charge in [0.05, 0.1) is 25.6 Å². The predicted molar refractivity (Wildman–Crippen MR) is 106 cm³/mol. The molecule has 0 atom stereocenters. The summed E-state index contributed by atoms with van der Waals surface area (Å²) in [6, 6.07) is 10.6. The Morgan fingerprint density at radius 2 is 1.93 bits per heavy atom. The Labute approximate surface area is 164 Å². The van der Waals surface area contributed by atoms with Crippen LogP contribution in [0.1, 0.15) is 17.3 Å². The largest absolute Gasteiger partial charge is 0.497 e. The SMILES string of the molecule is CCOC(=O)N1CCN(c2ccc(NC(=O)c3cccc(OC)c3)nc2)CC1. The molecule has 0 bridgehead atoms. The molecule has 28 heavy (non-hydrogen) atoms. The molecular formula is C20H24N4O4. The summed E-state index contributed by atoms with van der Waals surface area (Å²) in [6.07, 6.45) is 1.46. The molecule has 0 radical (unpaired) electrons. The first-order valence-electron chi connectivity index (χ1n) is 9.19. The van der Waals surface area contributed by atoms with Gasteiger partial charge in [-0.25, -0.2) is 9.78 Å². The molecule has 0 unspecified atom stereocenters. The quantitative estimate of drug-likeness (QED) is 0.853. The number of rotatable bonds is 5.